The summed E-state index contributed by atoms with van der Waals surface area (Å²) in [6.07, 6.45) is 2.89. The number of H-pyrrole nitrogens is 1. The highest BCUT2D eigenvalue weighted by molar-refractivity contribution is 5.88. The Hall–Kier alpha value is -2.54. The molecule has 4 aromatic rings. The van der Waals surface area contributed by atoms with Gasteiger partial charge in [-0.05, 0) is 80.6 Å². The van der Waals surface area contributed by atoms with Crippen molar-refractivity contribution in [1.29, 1.82) is 0 Å². The number of pyridine rings is 1. The van der Waals surface area contributed by atoms with Crippen molar-refractivity contribution < 1.29 is 13.9 Å². The van der Waals surface area contributed by atoms with E-state index in [1.807, 2.05) is 31.2 Å². The molecular weight excluding hydrogens is 476 g/mol. The lowest BCUT2D eigenvalue weighted by Crippen LogP contribution is -2.40. The maximum absolute atomic E-state index is 14.4. The van der Waals surface area contributed by atoms with Crippen LogP contribution in [0, 0.1) is 18.7 Å². The Morgan fingerprint density at radius 1 is 1.12 bits per heavy atom. The monoisotopic (exact) mass is 503 g/mol. The van der Waals surface area contributed by atoms with Gasteiger partial charge >= 0.3 is 0 Å². The molecular formula is C26H28Cl2FN3O2. The number of aryl methyl sites for hydroxylation is 2. The van der Waals surface area contributed by atoms with Crippen molar-refractivity contribution in [2.75, 3.05) is 19.7 Å². The molecule has 180 valence electrons. The van der Waals surface area contributed by atoms with E-state index in [0.717, 1.165) is 70.4 Å². The molecule has 2 aromatic carbocycles. The zero-order valence-electron chi connectivity index (χ0n) is 18.9. The van der Waals surface area contributed by atoms with Crippen LogP contribution in [0.15, 0.2) is 42.5 Å². The fraction of sp³-hybridized carbons (Fsp3) is 0.346. The van der Waals surface area contributed by atoms with E-state index in [4.69, 9.17) is 9.47 Å². The van der Waals surface area contributed by atoms with Gasteiger partial charge in [0.25, 0.3) is 0 Å². The molecule has 6 rings (SSSR count). The fourth-order valence-corrected chi connectivity index (χ4v) is 5.10. The van der Waals surface area contributed by atoms with Gasteiger partial charge in [0, 0.05) is 34.2 Å². The van der Waals surface area contributed by atoms with Crippen LogP contribution in [0.1, 0.15) is 23.4 Å². The number of aromatic nitrogens is 2. The molecule has 8 heteroatoms. The first-order valence-electron chi connectivity index (χ1n) is 11.3. The van der Waals surface area contributed by atoms with E-state index in [-0.39, 0.29) is 36.7 Å². The smallest absolute Gasteiger partial charge is 0.171 e. The molecule has 5 nitrogen and oxygen atoms in total. The first-order valence-corrected chi connectivity index (χ1v) is 11.3. The summed E-state index contributed by atoms with van der Waals surface area (Å²) in [5, 5.41) is 5.33. The van der Waals surface area contributed by atoms with Gasteiger partial charge in [0.15, 0.2) is 11.5 Å². The lowest BCUT2D eigenvalue weighted by atomic mass is 9.86. The van der Waals surface area contributed by atoms with Crippen LogP contribution in [0.2, 0.25) is 0 Å². The van der Waals surface area contributed by atoms with Crippen LogP contribution in [0.3, 0.4) is 0 Å². The van der Waals surface area contributed by atoms with E-state index < -0.39 is 0 Å². The molecule has 1 aliphatic heterocycles. The largest absolute Gasteiger partial charge is 0.486 e. The van der Waals surface area contributed by atoms with Gasteiger partial charge in [0.05, 0.1) is 5.52 Å². The molecule has 0 spiro atoms. The van der Waals surface area contributed by atoms with Crippen molar-refractivity contribution in [3.8, 4) is 11.5 Å². The Kier molecular flexibility index (Phi) is 7.22. The Morgan fingerprint density at radius 2 is 2.00 bits per heavy atom. The van der Waals surface area contributed by atoms with E-state index in [1.54, 1.807) is 12.1 Å². The van der Waals surface area contributed by atoms with E-state index >= 15 is 0 Å². The third-order valence-corrected chi connectivity index (χ3v) is 6.70. The van der Waals surface area contributed by atoms with Crippen LogP contribution in [-0.2, 0) is 12.8 Å². The summed E-state index contributed by atoms with van der Waals surface area (Å²) >= 11 is 0. The number of hydrogen-bond donors (Lipinski definition) is 2. The van der Waals surface area contributed by atoms with Crippen molar-refractivity contribution in [2.45, 2.75) is 32.3 Å². The average molecular weight is 504 g/mol. The van der Waals surface area contributed by atoms with Crippen LogP contribution in [0.5, 0.6) is 11.5 Å². The van der Waals surface area contributed by atoms with Crippen LogP contribution < -0.4 is 14.8 Å². The molecule has 0 saturated carbocycles. The molecule has 2 N–H and O–H groups in total. The number of aromatic amines is 1. The summed E-state index contributed by atoms with van der Waals surface area (Å²) in [7, 11) is 0. The zero-order valence-corrected chi connectivity index (χ0v) is 20.5. The van der Waals surface area contributed by atoms with Gasteiger partial charge in [-0.2, -0.15) is 0 Å². The van der Waals surface area contributed by atoms with Gasteiger partial charge in [-0.15, -0.1) is 24.8 Å². The van der Waals surface area contributed by atoms with Gasteiger partial charge in [-0.25, -0.2) is 4.39 Å². The zero-order chi connectivity index (χ0) is 21.7. The molecule has 0 bridgehead atoms. The summed E-state index contributed by atoms with van der Waals surface area (Å²) < 4.78 is 26.7. The minimum atomic E-state index is -0.128. The van der Waals surface area contributed by atoms with Gasteiger partial charge in [-0.1, -0.05) is 6.07 Å². The van der Waals surface area contributed by atoms with Crippen LogP contribution in [0.25, 0.3) is 21.8 Å². The lowest BCUT2D eigenvalue weighted by molar-refractivity contribution is 0.0915. The molecule has 0 fully saturated rings. The van der Waals surface area contributed by atoms with E-state index in [2.05, 4.69) is 21.4 Å². The summed E-state index contributed by atoms with van der Waals surface area (Å²) in [6, 6.07) is 13.2. The first kappa shape index (κ1) is 24.6. The third-order valence-electron chi connectivity index (χ3n) is 6.70. The minimum absolute atomic E-state index is 0. The highest BCUT2D eigenvalue weighted by atomic mass is 35.5. The number of benzene rings is 2. The average Bonchev–Trinajstić information content (AvgIpc) is 3.18. The van der Waals surface area contributed by atoms with Gasteiger partial charge in [0.1, 0.15) is 18.5 Å². The summed E-state index contributed by atoms with van der Waals surface area (Å²) in [5.74, 6) is 1.91. The number of nitrogens with one attached hydrogen (secondary N) is 2. The Morgan fingerprint density at radius 3 is 2.88 bits per heavy atom. The van der Waals surface area contributed by atoms with Crippen molar-refractivity contribution in [2.24, 2.45) is 5.92 Å². The topological polar surface area (TPSA) is 59.2 Å². The summed E-state index contributed by atoms with van der Waals surface area (Å²) in [6.45, 7) is 4.10. The standard InChI is InChI=1S/C26H26FN3O2.2ClH/c1-15-5-7-18-21(29-15)9-10-24-26(18)32-17(14-31-24)13-28-12-16-6-8-22-19(11-16)25-20(27)3-2-4-23(25)30-22;;/h2-5,7,9-10,16-17,28,30H,6,8,11-14H2,1H3;2*1H/t16?,17-;;/m0../s1. The van der Waals surface area contributed by atoms with E-state index in [0.29, 0.717) is 19.1 Å². The summed E-state index contributed by atoms with van der Waals surface area (Å²) in [5.41, 5.74) is 5.16. The second kappa shape index (κ2) is 9.98. The second-order valence-electron chi connectivity index (χ2n) is 8.97. The summed E-state index contributed by atoms with van der Waals surface area (Å²) in [4.78, 5) is 8.00. The van der Waals surface area contributed by atoms with Crippen LogP contribution in [-0.4, -0.2) is 35.8 Å². The molecule has 2 atom stereocenters. The van der Waals surface area contributed by atoms with Crippen molar-refractivity contribution in [3.63, 3.8) is 0 Å². The predicted molar refractivity (Wildman–Crippen MR) is 138 cm³/mol. The van der Waals surface area contributed by atoms with E-state index in [1.165, 1.54) is 5.69 Å². The quantitative estimate of drug-likeness (QED) is 0.383. The van der Waals surface area contributed by atoms with Gasteiger partial charge in [-0.3, -0.25) is 4.98 Å². The maximum Gasteiger partial charge on any atom is 0.171 e. The molecule has 0 amide bonds. The molecule has 1 aliphatic carbocycles. The highest BCUT2D eigenvalue weighted by Gasteiger charge is 2.26. The van der Waals surface area contributed by atoms with Gasteiger partial charge < -0.3 is 19.8 Å². The van der Waals surface area contributed by atoms with Gasteiger partial charge in [0.2, 0.25) is 0 Å². The Balaban J connectivity index is 0.00000137. The van der Waals surface area contributed by atoms with Crippen molar-refractivity contribution in [3.05, 3.63) is 65.2 Å². The maximum atomic E-state index is 14.4. The highest BCUT2D eigenvalue weighted by Crippen LogP contribution is 2.38. The number of nitrogens with zero attached hydrogens (tertiary/aromatic N) is 1. The van der Waals surface area contributed by atoms with E-state index in [9.17, 15) is 4.39 Å². The molecule has 0 radical (unpaired) electrons. The number of ether oxygens (including phenoxy) is 2. The molecule has 0 saturated heterocycles. The second-order valence-corrected chi connectivity index (χ2v) is 8.97. The predicted octanol–water partition coefficient (Wildman–Crippen LogP) is 5.54. The lowest BCUT2D eigenvalue weighted by Gasteiger charge is -2.29. The number of halogens is 3. The molecule has 3 heterocycles. The minimum Gasteiger partial charge on any atom is -0.486 e. The molecule has 1 unspecified atom stereocenters. The fourth-order valence-electron chi connectivity index (χ4n) is 5.10. The Bertz CT molecular complexity index is 1330. The van der Waals surface area contributed by atoms with Crippen LogP contribution >= 0.6 is 24.8 Å². The van der Waals surface area contributed by atoms with Crippen LogP contribution in [0.4, 0.5) is 4.39 Å². The number of fused-ring (bicyclic) bond motifs is 6. The molecule has 2 aromatic heterocycles. The first-order chi connectivity index (χ1) is 15.7. The number of hydrogen-bond acceptors (Lipinski definition) is 4. The molecule has 34 heavy (non-hydrogen) atoms. The van der Waals surface area contributed by atoms with Crippen molar-refractivity contribution in [1.82, 2.24) is 15.3 Å². The van der Waals surface area contributed by atoms with Crippen molar-refractivity contribution >= 4 is 46.6 Å². The Labute approximate surface area is 210 Å². The third kappa shape index (κ3) is 4.42. The SMILES string of the molecule is Cc1ccc2c3c(ccc2n1)OC[C@H](CNCC1CCc2[nH]c4cccc(F)c4c2C1)O3.Cl.Cl. The molecule has 2 aliphatic rings. The normalized spacial score (nSPS) is 18.8. The number of rotatable bonds is 4.